The van der Waals surface area contributed by atoms with E-state index >= 15 is 0 Å². The Kier molecular flexibility index (Phi) is 2.19. The summed E-state index contributed by atoms with van der Waals surface area (Å²) in [5.41, 5.74) is 1.90. The number of aromatic nitrogens is 1. The van der Waals surface area contributed by atoms with E-state index in [0.717, 1.165) is 10.1 Å². The van der Waals surface area contributed by atoms with Crippen LogP contribution < -0.4 is 5.76 Å². The molecular weight excluding hydrogens is 194 g/mol. The van der Waals surface area contributed by atoms with Crippen molar-refractivity contribution in [2.24, 2.45) is 0 Å². The molecule has 0 fully saturated rings. The van der Waals surface area contributed by atoms with Gasteiger partial charge in [0.25, 0.3) is 0 Å². The van der Waals surface area contributed by atoms with Gasteiger partial charge < -0.3 is 4.42 Å². The first kappa shape index (κ1) is 9.71. The Morgan fingerprint density at radius 2 is 2.20 bits per heavy atom. The van der Waals surface area contributed by atoms with E-state index in [1.165, 1.54) is 0 Å². The van der Waals surface area contributed by atoms with Crippen LogP contribution in [-0.4, -0.2) is 10.5 Å². The highest BCUT2D eigenvalue weighted by Crippen LogP contribution is 2.16. The average molecular weight is 205 g/mol. The molecule has 1 heterocycles. The van der Waals surface area contributed by atoms with Crippen LogP contribution in [0.1, 0.15) is 23.7 Å². The molecule has 4 nitrogen and oxygen atoms in total. The lowest BCUT2D eigenvalue weighted by Gasteiger charge is -1.99. The molecule has 0 unspecified atom stereocenters. The number of fused-ring (bicyclic) bond motifs is 1. The van der Waals surface area contributed by atoms with Crippen LogP contribution in [0.4, 0.5) is 0 Å². The van der Waals surface area contributed by atoms with E-state index in [4.69, 9.17) is 4.42 Å². The summed E-state index contributed by atoms with van der Waals surface area (Å²) in [6.07, 6.45) is 0.281. The van der Waals surface area contributed by atoms with Gasteiger partial charge in [-0.25, -0.2) is 9.36 Å². The topological polar surface area (TPSA) is 52.2 Å². The van der Waals surface area contributed by atoms with Crippen molar-refractivity contribution in [3.05, 3.63) is 34.3 Å². The van der Waals surface area contributed by atoms with Crippen LogP contribution in [-0.2, 0) is 0 Å². The molecule has 0 aliphatic carbocycles. The van der Waals surface area contributed by atoms with Gasteiger partial charge in [-0.05, 0) is 18.6 Å². The first-order chi connectivity index (χ1) is 7.15. The summed E-state index contributed by atoms with van der Waals surface area (Å²) >= 11 is 0. The molecule has 2 aromatic rings. The minimum Gasteiger partial charge on any atom is -0.407 e. The molecule has 0 atom stereocenters. The number of carbonyl (C=O) groups is 1. The molecule has 1 aromatic heterocycles. The lowest BCUT2D eigenvalue weighted by atomic mass is 10.2. The predicted octanol–water partition coefficient (Wildman–Crippen LogP) is 1.95. The zero-order valence-electron chi connectivity index (χ0n) is 8.61. The molecule has 1 aromatic carbocycles. The van der Waals surface area contributed by atoms with E-state index in [-0.39, 0.29) is 12.3 Å². The maximum Gasteiger partial charge on any atom is 0.426 e. The monoisotopic (exact) mass is 205 g/mol. The van der Waals surface area contributed by atoms with Crippen LogP contribution in [0.2, 0.25) is 0 Å². The Morgan fingerprint density at radius 3 is 2.87 bits per heavy atom. The van der Waals surface area contributed by atoms with E-state index in [2.05, 4.69) is 0 Å². The zero-order chi connectivity index (χ0) is 11.0. The maximum atomic E-state index is 11.6. The smallest absolute Gasteiger partial charge is 0.407 e. The van der Waals surface area contributed by atoms with Crippen molar-refractivity contribution >= 4 is 17.0 Å². The van der Waals surface area contributed by atoms with E-state index in [1.54, 1.807) is 19.1 Å². The van der Waals surface area contributed by atoms with Gasteiger partial charge in [-0.3, -0.25) is 4.79 Å². The molecule has 0 aliphatic rings. The highest BCUT2D eigenvalue weighted by molar-refractivity contribution is 5.90. The molecule has 0 amide bonds. The third kappa shape index (κ3) is 1.38. The summed E-state index contributed by atoms with van der Waals surface area (Å²) in [5, 5.41) is 0. The highest BCUT2D eigenvalue weighted by Gasteiger charge is 2.15. The van der Waals surface area contributed by atoms with Crippen molar-refractivity contribution in [2.45, 2.75) is 20.3 Å². The molecule has 0 spiro atoms. The minimum atomic E-state index is -0.605. The molecule has 0 saturated heterocycles. The van der Waals surface area contributed by atoms with Crippen LogP contribution >= 0.6 is 0 Å². The number of carbonyl (C=O) groups excluding carboxylic acids is 1. The maximum absolute atomic E-state index is 11.6. The van der Waals surface area contributed by atoms with Crippen LogP contribution in [0.15, 0.2) is 27.4 Å². The first-order valence-electron chi connectivity index (χ1n) is 4.79. The van der Waals surface area contributed by atoms with Crippen molar-refractivity contribution < 1.29 is 9.21 Å². The van der Waals surface area contributed by atoms with E-state index in [0.29, 0.717) is 11.1 Å². The number of rotatable bonds is 1. The SMILES string of the molecule is CCC(=O)n1c(=O)oc2cccc(C)c21. The second kappa shape index (κ2) is 3.38. The van der Waals surface area contributed by atoms with Crippen molar-refractivity contribution in [1.29, 1.82) is 0 Å². The normalized spacial score (nSPS) is 10.8. The number of nitrogens with zero attached hydrogens (tertiary/aromatic N) is 1. The van der Waals surface area contributed by atoms with Gasteiger partial charge in [-0.15, -0.1) is 0 Å². The summed E-state index contributed by atoms with van der Waals surface area (Å²) in [6.45, 7) is 3.56. The fourth-order valence-corrected chi connectivity index (χ4v) is 1.62. The standard InChI is InChI=1S/C11H11NO3/c1-3-9(13)12-10-7(2)5-4-6-8(10)15-11(12)14/h4-6H,3H2,1-2H3. The number of oxazole rings is 1. The van der Waals surface area contributed by atoms with Gasteiger partial charge in [0.1, 0.15) is 5.52 Å². The van der Waals surface area contributed by atoms with Crippen molar-refractivity contribution in [2.75, 3.05) is 0 Å². The second-order valence-electron chi connectivity index (χ2n) is 3.37. The lowest BCUT2D eigenvalue weighted by Crippen LogP contribution is -2.21. The summed E-state index contributed by atoms with van der Waals surface area (Å²) in [7, 11) is 0. The molecule has 15 heavy (non-hydrogen) atoms. The number of para-hydroxylation sites is 1. The van der Waals surface area contributed by atoms with Crippen molar-refractivity contribution in [3.63, 3.8) is 0 Å². The Labute approximate surface area is 86.1 Å². The van der Waals surface area contributed by atoms with Gasteiger partial charge >= 0.3 is 5.76 Å². The fraction of sp³-hybridized carbons (Fsp3) is 0.273. The predicted molar refractivity (Wildman–Crippen MR) is 56.1 cm³/mol. The summed E-state index contributed by atoms with van der Waals surface area (Å²) in [5.74, 6) is -0.848. The second-order valence-corrected chi connectivity index (χ2v) is 3.37. The van der Waals surface area contributed by atoms with Crippen molar-refractivity contribution in [1.82, 2.24) is 4.57 Å². The number of aryl methyl sites for hydroxylation is 1. The Morgan fingerprint density at radius 1 is 1.47 bits per heavy atom. The molecule has 0 bridgehead atoms. The zero-order valence-corrected chi connectivity index (χ0v) is 8.61. The van der Waals surface area contributed by atoms with Crippen LogP contribution in [0.3, 0.4) is 0 Å². The fourth-order valence-electron chi connectivity index (χ4n) is 1.62. The van der Waals surface area contributed by atoms with Gasteiger partial charge in [-0.1, -0.05) is 19.1 Å². The van der Waals surface area contributed by atoms with Gasteiger partial charge in [0.2, 0.25) is 5.91 Å². The summed E-state index contributed by atoms with van der Waals surface area (Å²) in [4.78, 5) is 23.0. The lowest BCUT2D eigenvalue weighted by molar-refractivity contribution is 0.0905. The molecule has 0 N–H and O–H groups in total. The molecule has 0 radical (unpaired) electrons. The molecule has 0 saturated carbocycles. The van der Waals surface area contributed by atoms with Gasteiger partial charge in [-0.2, -0.15) is 0 Å². The van der Waals surface area contributed by atoms with Gasteiger partial charge in [0.15, 0.2) is 5.58 Å². The Hall–Kier alpha value is -1.84. The van der Waals surface area contributed by atoms with Crippen LogP contribution in [0, 0.1) is 6.92 Å². The quantitative estimate of drug-likeness (QED) is 0.715. The highest BCUT2D eigenvalue weighted by atomic mass is 16.4. The number of hydrogen-bond acceptors (Lipinski definition) is 3. The van der Waals surface area contributed by atoms with Gasteiger partial charge in [0, 0.05) is 6.42 Å². The first-order valence-corrected chi connectivity index (χ1v) is 4.79. The van der Waals surface area contributed by atoms with Crippen LogP contribution in [0.25, 0.3) is 11.1 Å². The molecule has 2 rings (SSSR count). The summed E-state index contributed by atoms with van der Waals surface area (Å²) < 4.78 is 6.09. The average Bonchev–Trinajstić information content (AvgIpc) is 2.55. The van der Waals surface area contributed by atoms with Gasteiger partial charge in [0.05, 0.1) is 0 Å². The molecule has 0 aliphatic heterocycles. The van der Waals surface area contributed by atoms with E-state index < -0.39 is 5.76 Å². The van der Waals surface area contributed by atoms with Crippen LogP contribution in [0.5, 0.6) is 0 Å². The minimum absolute atomic E-state index is 0.243. The largest absolute Gasteiger partial charge is 0.426 e. The van der Waals surface area contributed by atoms with E-state index in [9.17, 15) is 9.59 Å². The Bertz CT molecular complexity index is 577. The number of hydrogen-bond donors (Lipinski definition) is 0. The molecule has 78 valence electrons. The third-order valence-electron chi connectivity index (χ3n) is 2.36. The third-order valence-corrected chi connectivity index (χ3v) is 2.36. The van der Waals surface area contributed by atoms with Crippen molar-refractivity contribution in [3.8, 4) is 0 Å². The van der Waals surface area contributed by atoms with E-state index in [1.807, 2.05) is 13.0 Å². The summed E-state index contributed by atoms with van der Waals surface area (Å²) in [6, 6.07) is 5.32. The Balaban J connectivity index is 2.89. The number of benzene rings is 1. The molecule has 4 heteroatoms. The molecular formula is C11H11NO3.